The van der Waals surface area contributed by atoms with Gasteiger partial charge in [-0.3, -0.25) is 9.59 Å². The van der Waals surface area contributed by atoms with Crippen LogP contribution in [0, 0.1) is 0 Å². The van der Waals surface area contributed by atoms with Crippen molar-refractivity contribution in [3.8, 4) is 5.75 Å². The summed E-state index contributed by atoms with van der Waals surface area (Å²) >= 11 is 0. The molecule has 0 radical (unpaired) electrons. The van der Waals surface area contributed by atoms with E-state index >= 15 is 0 Å². The second kappa shape index (κ2) is 9.43. The third kappa shape index (κ3) is 4.15. The normalized spacial score (nSPS) is 15.9. The van der Waals surface area contributed by atoms with Crippen molar-refractivity contribution >= 4 is 34.4 Å². The molecule has 6 nitrogen and oxygen atoms in total. The smallest absolute Gasteiger partial charge is 0.282 e. The molecule has 1 saturated heterocycles. The molecule has 0 aliphatic carbocycles. The molecular weight excluding hydrogens is 426 g/mol. The molecule has 172 valence electrons. The number of ether oxygens (including phenoxy) is 1. The van der Waals surface area contributed by atoms with E-state index in [2.05, 4.69) is 10.2 Å². The van der Waals surface area contributed by atoms with Crippen LogP contribution >= 0.6 is 0 Å². The molecule has 3 aromatic carbocycles. The van der Waals surface area contributed by atoms with Gasteiger partial charge < -0.3 is 15.0 Å². The van der Waals surface area contributed by atoms with Crippen molar-refractivity contribution in [2.24, 2.45) is 0 Å². The lowest BCUT2D eigenvalue weighted by Gasteiger charge is -2.20. The highest BCUT2D eigenvalue weighted by molar-refractivity contribution is 6.46. The first-order valence-corrected chi connectivity index (χ1v) is 11.7. The Hall–Kier alpha value is -4.06. The second-order valence-corrected chi connectivity index (χ2v) is 8.35. The van der Waals surface area contributed by atoms with Crippen molar-refractivity contribution in [1.82, 2.24) is 0 Å². The molecule has 0 unspecified atom stereocenters. The van der Waals surface area contributed by atoms with Crippen molar-refractivity contribution in [3.05, 3.63) is 90.1 Å². The predicted octanol–water partition coefficient (Wildman–Crippen LogP) is 5.08. The minimum Gasteiger partial charge on any atom is -0.494 e. The number of imide groups is 1. The summed E-state index contributed by atoms with van der Waals surface area (Å²) in [5, 5.41) is 3.20. The van der Waals surface area contributed by atoms with Crippen LogP contribution in [0.3, 0.4) is 0 Å². The number of hydrogen-bond donors (Lipinski definition) is 1. The van der Waals surface area contributed by atoms with Crippen LogP contribution in [0.15, 0.2) is 84.6 Å². The van der Waals surface area contributed by atoms with E-state index in [1.54, 1.807) is 0 Å². The highest BCUT2D eigenvalue weighted by atomic mass is 16.5. The largest absolute Gasteiger partial charge is 0.494 e. The zero-order chi connectivity index (χ0) is 23.5. The Morgan fingerprint density at radius 2 is 1.44 bits per heavy atom. The molecule has 2 aliphatic rings. The molecular formula is C28H27N3O3. The van der Waals surface area contributed by atoms with Gasteiger partial charge in [0.15, 0.2) is 0 Å². The number of rotatable bonds is 7. The summed E-state index contributed by atoms with van der Waals surface area (Å²) in [4.78, 5) is 30.7. The minimum absolute atomic E-state index is 0.268. The van der Waals surface area contributed by atoms with Gasteiger partial charge in [0.1, 0.15) is 11.4 Å². The maximum absolute atomic E-state index is 13.6. The Morgan fingerprint density at radius 1 is 0.794 bits per heavy atom. The molecule has 34 heavy (non-hydrogen) atoms. The number of nitrogens with one attached hydrogen (secondary N) is 1. The number of carbonyl (C=O) groups excluding carboxylic acids is 2. The van der Waals surface area contributed by atoms with Crippen LogP contribution in [0.5, 0.6) is 5.75 Å². The summed E-state index contributed by atoms with van der Waals surface area (Å²) in [7, 11) is 0. The number of hydrogen-bond acceptors (Lipinski definition) is 5. The van der Waals surface area contributed by atoms with E-state index in [0.717, 1.165) is 24.5 Å². The molecule has 1 fully saturated rings. The third-order valence-electron chi connectivity index (χ3n) is 6.16. The van der Waals surface area contributed by atoms with Gasteiger partial charge in [-0.15, -0.1) is 0 Å². The maximum Gasteiger partial charge on any atom is 0.282 e. The lowest BCUT2D eigenvalue weighted by molar-refractivity contribution is -0.120. The summed E-state index contributed by atoms with van der Waals surface area (Å²) in [6.45, 7) is 4.58. The minimum atomic E-state index is -0.369. The van der Waals surface area contributed by atoms with Gasteiger partial charge >= 0.3 is 0 Å². The van der Waals surface area contributed by atoms with E-state index in [0.29, 0.717) is 29.1 Å². The van der Waals surface area contributed by atoms with Crippen molar-refractivity contribution in [3.63, 3.8) is 0 Å². The summed E-state index contributed by atoms with van der Waals surface area (Å²) in [6.07, 6.45) is 2.38. The molecule has 0 atom stereocenters. The Balaban J connectivity index is 1.47. The molecule has 0 saturated carbocycles. The van der Waals surface area contributed by atoms with Gasteiger partial charge in [-0.2, -0.15) is 0 Å². The summed E-state index contributed by atoms with van der Waals surface area (Å²) in [5.41, 5.74) is 3.72. The van der Waals surface area contributed by atoms with Crippen molar-refractivity contribution < 1.29 is 14.3 Å². The lowest BCUT2D eigenvalue weighted by atomic mass is 10.0. The van der Waals surface area contributed by atoms with Crippen LogP contribution < -0.4 is 19.9 Å². The van der Waals surface area contributed by atoms with Gasteiger partial charge in [-0.1, -0.05) is 30.3 Å². The van der Waals surface area contributed by atoms with Crippen molar-refractivity contribution in [2.75, 3.05) is 34.8 Å². The molecule has 0 bridgehead atoms. The third-order valence-corrected chi connectivity index (χ3v) is 6.16. The Kier molecular flexibility index (Phi) is 6.04. The standard InChI is InChI=1S/C28H27N3O3/c1-2-34-24-16-10-21(11-17-24)29-26-25(20-8-4-3-5-9-20)27(32)31(28(26)33)23-14-12-22(13-15-23)30-18-6-7-19-30/h3-5,8-17,29H,2,6-7,18-19H2,1H3. The average Bonchev–Trinajstić information content (AvgIpc) is 3.48. The van der Waals surface area contributed by atoms with Crippen molar-refractivity contribution in [2.45, 2.75) is 19.8 Å². The fraction of sp³-hybridized carbons (Fsp3) is 0.214. The number of benzene rings is 3. The SMILES string of the molecule is CCOc1ccc(NC2=C(c3ccccc3)C(=O)N(c3ccc(N4CCCC4)cc3)C2=O)cc1. The fourth-order valence-electron chi connectivity index (χ4n) is 4.49. The van der Waals surface area contributed by atoms with Gasteiger partial charge in [0.2, 0.25) is 0 Å². The molecule has 0 spiro atoms. The summed E-state index contributed by atoms with van der Waals surface area (Å²) < 4.78 is 5.51. The maximum atomic E-state index is 13.6. The number of amides is 2. The van der Waals surface area contributed by atoms with E-state index in [4.69, 9.17) is 4.74 Å². The average molecular weight is 454 g/mol. The number of nitrogens with zero attached hydrogens (tertiary/aromatic N) is 2. The van der Waals surface area contributed by atoms with Gasteiger partial charge in [-0.05, 0) is 73.9 Å². The first kappa shape index (κ1) is 21.8. The highest BCUT2D eigenvalue weighted by Gasteiger charge is 2.40. The number of anilines is 3. The first-order valence-electron chi connectivity index (χ1n) is 11.7. The first-order chi connectivity index (χ1) is 16.7. The molecule has 6 heteroatoms. The molecule has 0 aromatic heterocycles. The topological polar surface area (TPSA) is 61.9 Å². The zero-order valence-electron chi connectivity index (χ0n) is 19.2. The predicted molar refractivity (Wildman–Crippen MR) is 135 cm³/mol. The van der Waals surface area contributed by atoms with E-state index in [1.807, 2.05) is 85.8 Å². The van der Waals surface area contributed by atoms with Crippen LogP contribution in [0.2, 0.25) is 0 Å². The Bertz CT molecular complexity index is 1210. The van der Waals surface area contributed by atoms with Gasteiger partial charge in [0.05, 0.1) is 17.9 Å². The van der Waals surface area contributed by atoms with Gasteiger partial charge in [0, 0.05) is 24.5 Å². The van der Waals surface area contributed by atoms with Gasteiger partial charge in [-0.25, -0.2) is 4.90 Å². The number of carbonyl (C=O) groups is 2. The van der Waals surface area contributed by atoms with Crippen LogP contribution in [0.25, 0.3) is 5.57 Å². The highest BCUT2D eigenvalue weighted by Crippen LogP contribution is 2.35. The van der Waals surface area contributed by atoms with Crippen LogP contribution in [-0.2, 0) is 9.59 Å². The molecule has 1 N–H and O–H groups in total. The lowest BCUT2D eigenvalue weighted by Crippen LogP contribution is -2.32. The van der Waals surface area contributed by atoms with Crippen LogP contribution in [-0.4, -0.2) is 31.5 Å². The Labute approximate surface area is 199 Å². The molecule has 3 aromatic rings. The van der Waals surface area contributed by atoms with E-state index in [9.17, 15) is 9.59 Å². The van der Waals surface area contributed by atoms with E-state index in [-0.39, 0.29) is 17.5 Å². The van der Waals surface area contributed by atoms with Crippen molar-refractivity contribution in [1.29, 1.82) is 0 Å². The Morgan fingerprint density at radius 3 is 2.09 bits per heavy atom. The van der Waals surface area contributed by atoms with E-state index < -0.39 is 0 Å². The van der Waals surface area contributed by atoms with Gasteiger partial charge in [0.25, 0.3) is 11.8 Å². The van der Waals surface area contributed by atoms with Crippen LogP contribution in [0.4, 0.5) is 17.1 Å². The quantitative estimate of drug-likeness (QED) is 0.506. The molecule has 2 amide bonds. The summed E-state index contributed by atoms with van der Waals surface area (Å²) in [6, 6.07) is 24.3. The summed E-state index contributed by atoms with van der Waals surface area (Å²) in [5.74, 6) is 0.0454. The zero-order valence-corrected chi connectivity index (χ0v) is 19.2. The van der Waals surface area contributed by atoms with E-state index in [1.165, 1.54) is 17.7 Å². The fourth-order valence-corrected chi connectivity index (χ4v) is 4.49. The second-order valence-electron chi connectivity index (χ2n) is 8.35. The molecule has 2 aliphatic heterocycles. The molecule has 2 heterocycles. The van der Waals surface area contributed by atoms with Crippen LogP contribution in [0.1, 0.15) is 25.3 Å². The monoisotopic (exact) mass is 453 g/mol. The molecule has 5 rings (SSSR count).